The second kappa shape index (κ2) is 12.6. The van der Waals surface area contributed by atoms with Gasteiger partial charge in [-0.3, -0.25) is 4.57 Å². The molecule has 10 heteroatoms. The molecule has 0 aliphatic carbocycles. The molecule has 0 aliphatic rings. The maximum absolute atomic E-state index is 6.44. The van der Waals surface area contributed by atoms with Crippen LogP contribution in [0.1, 0.15) is 11.1 Å². The number of ether oxygens (including phenoxy) is 3. The Morgan fingerprint density at radius 3 is 1.74 bits per heavy atom. The van der Waals surface area contributed by atoms with E-state index in [1.807, 2.05) is 60.7 Å². The van der Waals surface area contributed by atoms with Gasteiger partial charge in [0.15, 0.2) is 0 Å². The van der Waals surface area contributed by atoms with Gasteiger partial charge in [-0.2, -0.15) is 0 Å². The van der Waals surface area contributed by atoms with Gasteiger partial charge in [0.1, 0.15) is 18.4 Å². The van der Waals surface area contributed by atoms with E-state index < -0.39 is 6.10 Å². The molecule has 3 aromatic carbocycles. The number of nitrogens with zero attached hydrogens (tertiary/aromatic N) is 2. The molecule has 0 aliphatic heterocycles. The summed E-state index contributed by atoms with van der Waals surface area (Å²) in [4.78, 5) is 4.28. The number of fused-ring (bicyclic) bond motifs is 1. The van der Waals surface area contributed by atoms with E-state index in [9.17, 15) is 0 Å². The first-order chi connectivity index (χ1) is 17.0. The average molecular weight is 575 g/mol. The van der Waals surface area contributed by atoms with Crippen molar-refractivity contribution in [2.75, 3.05) is 13.2 Å². The van der Waals surface area contributed by atoms with Gasteiger partial charge >= 0.3 is 0 Å². The summed E-state index contributed by atoms with van der Waals surface area (Å²) in [5, 5.41) is 0.741. The van der Waals surface area contributed by atoms with Crippen LogP contribution in [0.5, 0.6) is 0 Å². The lowest BCUT2D eigenvalue weighted by atomic mass is 10.2. The lowest BCUT2D eigenvalue weighted by Gasteiger charge is -2.19. The van der Waals surface area contributed by atoms with Gasteiger partial charge in [0.2, 0.25) is 5.28 Å². The van der Waals surface area contributed by atoms with E-state index in [4.69, 9.17) is 72.2 Å². The highest BCUT2D eigenvalue weighted by Crippen LogP contribution is 2.43. The van der Waals surface area contributed by atoms with Crippen molar-refractivity contribution >= 4 is 69.0 Å². The fourth-order valence-corrected chi connectivity index (χ4v) is 4.60. The molecule has 0 radical (unpaired) electrons. The molecule has 0 saturated carbocycles. The van der Waals surface area contributed by atoms with Crippen molar-refractivity contribution in [3.63, 3.8) is 0 Å². The number of benzene rings is 3. The van der Waals surface area contributed by atoms with Crippen LogP contribution in [0.3, 0.4) is 0 Å². The quantitative estimate of drug-likeness (QED) is 0.134. The number of hydrogen-bond acceptors (Lipinski definition) is 4. The van der Waals surface area contributed by atoms with Crippen LogP contribution in [0.25, 0.3) is 11.0 Å². The summed E-state index contributed by atoms with van der Waals surface area (Å²) in [6.45, 7) is 1.52. The first-order valence-corrected chi connectivity index (χ1v) is 12.6. The topological polar surface area (TPSA) is 45.5 Å². The van der Waals surface area contributed by atoms with Gasteiger partial charge in [-0.05, 0) is 22.7 Å². The van der Waals surface area contributed by atoms with Gasteiger partial charge in [0, 0.05) is 0 Å². The molecular formula is C25H21Cl5N2O3. The van der Waals surface area contributed by atoms with Crippen LogP contribution >= 0.6 is 58.0 Å². The van der Waals surface area contributed by atoms with Crippen molar-refractivity contribution in [1.82, 2.24) is 9.55 Å². The lowest BCUT2D eigenvalue weighted by Crippen LogP contribution is -2.27. The lowest BCUT2D eigenvalue weighted by molar-refractivity contribution is -0.0865. The number of hydrogen-bond donors (Lipinski definition) is 0. The second-order valence-corrected chi connectivity index (χ2v) is 9.53. The van der Waals surface area contributed by atoms with Crippen LogP contribution in [0, 0.1) is 0 Å². The largest absolute Gasteiger partial charge is 0.374 e. The third-order valence-electron chi connectivity index (χ3n) is 5.18. The van der Waals surface area contributed by atoms with Gasteiger partial charge in [0.05, 0.1) is 52.0 Å². The summed E-state index contributed by atoms with van der Waals surface area (Å²) in [6, 6.07) is 19.8. The van der Waals surface area contributed by atoms with Crippen LogP contribution in [0.4, 0.5) is 0 Å². The molecule has 4 aromatic rings. The van der Waals surface area contributed by atoms with Crippen molar-refractivity contribution in [2.24, 2.45) is 0 Å². The minimum Gasteiger partial charge on any atom is -0.374 e. The Bertz CT molecular complexity index is 1220. The first kappa shape index (κ1) is 26.5. The molecule has 35 heavy (non-hydrogen) atoms. The number of imidazole rings is 1. The summed E-state index contributed by atoms with van der Waals surface area (Å²) in [5.41, 5.74) is 2.91. The molecule has 0 spiro atoms. The van der Waals surface area contributed by atoms with Crippen LogP contribution in [-0.2, 0) is 34.2 Å². The Balaban J connectivity index is 1.46. The third kappa shape index (κ3) is 6.62. The van der Waals surface area contributed by atoms with Crippen molar-refractivity contribution in [1.29, 1.82) is 0 Å². The number of rotatable bonds is 11. The summed E-state index contributed by atoms with van der Waals surface area (Å²) >= 11 is 31.5. The zero-order valence-corrected chi connectivity index (χ0v) is 22.2. The Morgan fingerprint density at radius 1 is 0.686 bits per heavy atom. The van der Waals surface area contributed by atoms with Crippen molar-refractivity contribution in [2.45, 2.75) is 26.0 Å². The van der Waals surface area contributed by atoms with Gasteiger partial charge in [0.25, 0.3) is 0 Å². The van der Waals surface area contributed by atoms with E-state index in [1.165, 1.54) is 0 Å². The molecule has 184 valence electrons. The number of aromatic nitrogens is 2. The molecule has 0 bridgehead atoms. The van der Waals surface area contributed by atoms with Gasteiger partial charge < -0.3 is 14.2 Å². The molecule has 0 unspecified atom stereocenters. The Kier molecular flexibility index (Phi) is 9.56. The van der Waals surface area contributed by atoms with Crippen LogP contribution in [0.15, 0.2) is 60.7 Å². The fourth-order valence-electron chi connectivity index (χ4n) is 3.41. The summed E-state index contributed by atoms with van der Waals surface area (Å²) in [7, 11) is 0. The van der Waals surface area contributed by atoms with Gasteiger partial charge in [-0.15, -0.1) is 0 Å². The van der Waals surface area contributed by atoms with Crippen LogP contribution in [0.2, 0.25) is 25.4 Å². The SMILES string of the molecule is Clc1c(Cl)c(Cl)c2c(nc(Cl)n2COC(COCc2ccccc2)COCc2ccccc2)c1Cl. The highest BCUT2D eigenvalue weighted by atomic mass is 35.5. The zero-order valence-electron chi connectivity index (χ0n) is 18.4. The zero-order chi connectivity index (χ0) is 24.8. The monoisotopic (exact) mass is 572 g/mol. The molecule has 0 atom stereocenters. The van der Waals surface area contributed by atoms with E-state index in [0.29, 0.717) is 37.5 Å². The summed E-state index contributed by atoms with van der Waals surface area (Å²) < 4.78 is 19.5. The maximum Gasteiger partial charge on any atom is 0.205 e. The van der Waals surface area contributed by atoms with E-state index >= 15 is 0 Å². The minimum atomic E-state index is -0.395. The fraction of sp³-hybridized carbons (Fsp3) is 0.240. The Labute approximate surface area is 228 Å². The summed E-state index contributed by atoms with van der Waals surface area (Å²) in [5.74, 6) is 0. The van der Waals surface area contributed by atoms with Gasteiger partial charge in [-0.1, -0.05) is 107 Å². The maximum atomic E-state index is 6.44. The van der Waals surface area contributed by atoms with Crippen molar-refractivity contribution in [3.8, 4) is 0 Å². The Morgan fingerprint density at radius 2 is 1.20 bits per heavy atom. The van der Waals surface area contributed by atoms with E-state index in [1.54, 1.807) is 4.57 Å². The average Bonchev–Trinajstić information content (AvgIpc) is 3.21. The normalized spacial score (nSPS) is 11.6. The van der Waals surface area contributed by atoms with Crippen molar-refractivity contribution in [3.05, 3.63) is 97.2 Å². The molecule has 1 aromatic heterocycles. The number of halogens is 5. The molecule has 0 amide bonds. The third-order valence-corrected chi connectivity index (χ3v) is 7.26. The molecule has 5 nitrogen and oxygen atoms in total. The van der Waals surface area contributed by atoms with E-state index in [-0.39, 0.29) is 32.1 Å². The van der Waals surface area contributed by atoms with Gasteiger partial charge in [-0.25, -0.2) is 4.98 Å². The highest BCUT2D eigenvalue weighted by molar-refractivity contribution is 6.55. The molecule has 0 fully saturated rings. The molecule has 1 heterocycles. The summed E-state index contributed by atoms with van der Waals surface area (Å²) in [6.07, 6.45) is -0.395. The molecular weight excluding hydrogens is 554 g/mol. The van der Waals surface area contributed by atoms with Crippen LogP contribution in [-0.4, -0.2) is 28.9 Å². The Hall–Kier alpha value is -1.54. The van der Waals surface area contributed by atoms with E-state index in [0.717, 1.165) is 11.1 Å². The molecule has 0 N–H and O–H groups in total. The first-order valence-electron chi connectivity index (χ1n) is 10.7. The highest BCUT2D eigenvalue weighted by Gasteiger charge is 2.22. The molecule has 0 saturated heterocycles. The molecule has 4 rings (SSSR count). The minimum absolute atomic E-state index is 0.0252. The van der Waals surface area contributed by atoms with Crippen molar-refractivity contribution < 1.29 is 14.2 Å². The standard InChI is InChI=1S/C25H21Cl5N2O3/c26-19-20(27)22(29)24-23(21(19)28)31-25(30)32(24)15-35-18(13-33-11-16-7-3-1-4-8-16)14-34-12-17-9-5-2-6-10-17/h1-10,18H,11-15H2. The van der Waals surface area contributed by atoms with Crippen LogP contribution < -0.4 is 0 Å². The van der Waals surface area contributed by atoms with E-state index in [2.05, 4.69) is 4.98 Å². The predicted octanol–water partition coefficient (Wildman–Crippen LogP) is 8.08. The smallest absolute Gasteiger partial charge is 0.205 e. The second-order valence-electron chi connectivity index (χ2n) is 7.68. The predicted molar refractivity (Wildman–Crippen MR) is 142 cm³/mol.